The molecule has 0 amide bonds. The number of nitrogens with one attached hydrogen (secondary N) is 1. The number of aryl methyl sites for hydroxylation is 3. The Balaban J connectivity index is 1.71. The average molecular weight is 415 g/mol. The van der Waals surface area contributed by atoms with Gasteiger partial charge < -0.3 is 0 Å². The molecule has 1 heterocycles. The molecule has 29 heavy (non-hydrogen) atoms. The minimum atomic E-state index is -3.69. The highest BCUT2D eigenvalue weighted by Crippen LogP contribution is 2.20. The Bertz CT molecular complexity index is 1200. The summed E-state index contributed by atoms with van der Waals surface area (Å²) >= 11 is 0. The number of nitrogens with zero attached hydrogens (tertiary/aromatic N) is 2. The molecule has 0 fully saturated rings. The molecule has 152 valence electrons. The second-order valence-corrected chi connectivity index (χ2v) is 8.65. The molecule has 0 aliphatic carbocycles. The smallest absolute Gasteiger partial charge is 0.253 e. The van der Waals surface area contributed by atoms with E-state index in [0.29, 0.717) is 16.8 Å². The van der Waals surface area contributed by atoms with Crippen LogP contribution in [0.2, 0.25) is 0 Å². The number of aromatic nitrogens is 2. The Labute approximate surface area is 169 Å². The first-order chi connectivity index (χ1) is 13.7. The van der Waals surface area contributed by atoms with Gasteiger partial charge in [0.1, 0.15) is 5.82 Å². The lowest BCUT2D eigenvalue weighted by Crippen LogP contribution is -2.31. The zero-order chi connectivity index (χ0) is 21.2. The van der Waals surface area contributed by atoms with Crippen LogP contribution in [0.3, 0.4) is 0 Å². The van der Waals surface area contributed by atoms with Gasteiger partial charge in [0.15, 0.2) is 0 Å². The van der Waals surface area contributed by atoms with Gasteiger partial charge in [-0.3, -0.25) is 9.36 Å². The maximum absolute atomic E-state index is 13.0. The number of hydrogen-bond acceptors (Lipinski definition) is 4. The molecule has 0 radical (unpaired) electrons. The van der Waals surface area contributed by atoms with Crippen molar-refractivity contribution >= 4 is 10.0 Å². The number of halogens is 1. The topological polar surface area (TPSA) is 81.1 Å². The van der Waals surface area contributed by atoms with Crippen molar-refractivity contribution in [3.8, 4) is 11.3 Å². The number of benzene rings is 2. The summed E-state index contributed by atoms with van der Waals surface area (Å²) in [5.74, 6) is -0.367. The molecule has 0 saturated heterocycles. The molecule has 0 aliphatic rings. The molecule has 6 nitrogen and oxygen atoms in total. The lowest BCUT2D eigenvalue weighted by atomic mass is 10.1. The van der Waals surface area contributed by atoms with Gasteiger partial charge in [-0.25, -0.2) is 22.5 Å². The van der Waals surface area contributed by atoms with Crippen LogP contribution in [0, 0.1) is 26.6 Å². The summed E-state index contributed by atoms with van der Waals surface area (Å²) in [6.07, 6.45) is 1.36. The number of rotatable bonds is 6. The predicted molar refractivity (Wildman–Crippen MR) is 110 cm³/mol. The summed E-state index contributed by atoms with van der Waals surface area (Å²) in [5, 5.41) is 0. The lowest BCUT2D eigenvalue weighted by molar-refractivity contribution is 0.568. The Morgan fingerprint density at radius 3 is 2.31 bits per heavy atom. The maximum Gasteiger partial charge on any atom is 0.253 e. The number of hydrogen-bond donors (Lipinski definition) is 1. The summed E-state index contributed by atoms with van der Waals surface area (Å²) in [6.45, 7) is 5.73. The summed E-state index contributed by atoms with van der Waals surface area (Å²) in [5.41, 5.74) is 3.33. The second-order valence-electron chi connectivity index (χ2n) is 6.91. The molecule has 0 atom stereocenters. The van der Waals surface area contributed by atoms with Crippen LogP contribution in [-0.4, -0.2) is 24.5 Å². The maximum atomic E-state index is 13.0. The Hall–Kier alpha value is -2.84. The van der Waals surface area contributed by atoms with Crippen molar-refractivity contribution in [3.63, 3.8) is 0 Å². The fourth-order valence-corrected chi connectivity index (χ4v) is 4.30. The molecule has 8 heteroatoms. The SMILES string of the molecule is Cc1cc(C)c(S(=O)(=O)NCCn2cnc(-c3ccc(F)cc3)cc2=O)cc1C. The molecular weight excluding hydrogens is 393 g/mol. The first-order valence-corrected chi connectivity index (χ1v) is 10.6. The molecule has 0 saturated carbocycles. The van der Waals surface area contributed by atoms with E-state index in [2.05, 4.69) is 9.71 Å². The molecule has 0 aliphatic heterocycles. The summed E-state index contributed by atoms with van der Waals surface area (Å²) in [4.78, 5) is 16.8. The molecule has 1 N–H and O–H groups in total. The summed E-state index contributed by atoms with van der Waals surface area (Å²) < 4.78 is 42.1. The highest BCUT2D eigenvalue weighted by atomic mass is 32.2. The predicted octanol–water partition coefficient (Wildman–Crippen LogP) is 2.95. The van der Waals surface area contributed by atoms with E-state index in [0.717, 1.165) is 11.1 Å². The van der Waals surface area contributed by atoms with Gasteiger partial charge >= 0.3 is 0 Å². The fraction of sp³-hybridized carbons (Fsp3) is 0.238. The van der Waals surface area contributed by atoms with Crippen LogP contribution in [-0.2, 0) is 16.6 Å². The quantitative estimate of drug-likeness (QED) is 0.671. The molecule has 1 aromatic heterocycles. The van der Waals surface area contributed by atoms with E-state index in [1.165, 1.54) is 29.1 Å². The van der Waals surface area contributed by atoms with Gasteiger partial charge in [0.25, 0.3) is 5.56 Å². The zero-order valence-corrected chi connectivity index (χ0v) is 17.3. The average Bonchev–Trinajstić information content (AvgIpc) is 2.66. The van der Waals surface area contributed by atoms with Crippen molar-refractivity contribution in [3.05, 3.63) is 81.7 Å². The molecule has 3 rings (SSSR count). The van der Waals surface area contributed by atoms with Crippen molar-refractivity contribution < 1.29 is 12.8 Å². The Kier molecular flexibility index (Phi) is 5.95. The highest BCUT2D eigenvalue weighted by Gasteiger charge is 2.17. The van der Waals surface area contributed by atoms with E-state index in [9.17, 15) is 17.6 Å². The summed E-state index contributed by atoms with van der Waals surface area (Å²) in [7, 11) is -3.69. The monoisotopic (exact) mass is 415 g/mol. The molecule has 2 aromatic carbocycles. The van der Waals surface area contributed by atoms with E-state index in [1.54, 1.807) is 25.1 Å². The standard InChI is InChI=1S/C21H22FN3O3S/c1-14-10-16(3)20(11-15(14)2)29(27,28)24-8-9-25-13-23-19(12-21(25)26)17-4-6-18(22)7-5-17/h4-7,10-13,24H,8-9H2,1-3H3. The van der Waals surface area contributed by atoms with Crippen molar-refractivity contribution in [1.29, 1.82) is 0 Å². The van der Waals surface area contributed by atoms with E-state index in [1.807, 2.05) is 19.9 Å². The van der Waals surface area contributed by atoms with Gasteiger partial charge in [0.2, 0.25) is 10.0 Å². The van der Waals surface area contributed by atoms with E-state index >= 15 is 0 Å². The van der Waals surface area contributed by atoms with Crippen molar-refractivity contribution in [1.82, 2.24) is 14.3 Å². The van der Waals surface area contributed by atoms with Crippen molar-refractivity contribution in [2.45, 2.75) is 32.2 Å². The molecule has 0 spiro atoms. The van der Waals surface area contributed by atoms with Crippen molar-refractivity contribution in [2.75, 3.05) is 6.54 Å². The van der Waals surface area contributed by atoms with Gasteiger partial charge in [-0.15, -0.1) is 0 Å². The van der Waals surface area contributed by atoms with Gasteiger partial charge in [-0.05, 0) is 67.8 Å². The third kappa shape index (κ3) is 4.78. The highest BCUT2D eigenvalue weighted by molar-refractivity contribution is 7.89. The van der Waals surface area contributed by atoms with Crippen LogP contribution in [0.1, 0.15) is 16.7 Å². The molecule has 0 bridgehead atoms. The van der Waals surface area contributed by atoms with Crippen LogP contribution in [0.15, 0.2) is 58.5 Å². The van der Waals surface area contributed by atoms with E-state index in [4.69, 9.17) is 0 Å². The Morgan fingerprint density at radius 2 is 1.66 bits per heavy atom. The fourth-order valence-electron chi connectivity index (χ4n) is 2.97. The largest absolute Gasteiger partial charge is 0.298 e. The van der Waals surface area contributed by atoms with E-state index < -0.39 is 10.0 Å². The Morgan fingerprint density at radius 1 is 1.00 bits per heavy atom. The van der Waals surface area contributed by atoms with Gasteiger partial charge in [0, 0.05) is 24.7 Å². The van der Waals surface area contributed by atoms with E-state index in [-0.39, 0.29) is 29.4 Å². The van der Waals surface area contributed by atoms with Gasteiger partial charge in [-0.2, -0.15) is 0 Å². The third-order valence-electron chi connectivity index (χ3n) is 4.75. The van der Waals surface area contributed by atoms with Crippen LogP contribution >= 0.6 is 0 Å². The van der Waals surface area contributed by atoms with Gasteiger partial charge in [-0.1, -0.05) is 6.07 Å². The van der Waals surface area contributed by atoms with Crippen LogP contribution in [0.5, 0.6) is 0 Å². The first-order valence-electron chi connectivity index (χ1n) is 9.07. The number of sulfonamides is 1. The first kappa shape index (κ1) is 20.9. The third-order valence-corrected chi connectivity index (χ3v) is 6.35. The normalized spacial score (nSPS) is 11.6. The lowest BCUT2D eigenvalue weighted by Gasteiger charge is -2.12. The second kappa shape index (κ2) is 8.26. The zero-order valence-electron chi connectivity index (χ0n) is 16.4. The van der Waals surface area contributed by atoms with Crippen LogP contribution in [0.25, 0.3) is 11.3 Å². The minimum absolute atomic E-state index is 0.0478. The van der Waals surface area contributed by atoms with Crippen LogP contribution in [0.4, 0.5) is 4.39 Å². The van der Waals surface area contributed by atoms with Crippen molar-refractivity contribution in [2.24, 2.45) is 0 Å². The molecule has 3 aromatic rings. The molecule has 0 unspecified atom stereocenters. The summed E-state index contributed by atoms with van der Waals surface area (Å²) in [6, 6.07) is 10.5. The van der Waals surface area contributed by atoms with Crippen LogP contribution < -0.4 is 10.3 Å². The van der Waals surface area contributed by atoms with Gasteiger partial charge in [0.05, 0.1) is 16.9 Å². The minimum Gasteiger partial charge on any atom is -0.298 e. The molecular formula is C21H22FN3O3S.